The van der Waals surface area contributed by atoms with Gasteiger partial charge in [-0.25, -0.2) is 13.1 Å². The van der Waals surface area contributed by atoms with Crippen LogP contribution in [0.1, 0.15) is 12.8 Å². The molecule has 2 heterocycles. The molecule has 102 valence electrons. The standard InChI is InChI=1S/C10H19N5O2S/c1-15-9(11)8(18(2,16)17)10(14-15)13-7-3-5-12-6-4-7/h7,12H,3-6,11H2,1-2H3,(H,13,14). The molecule has 1 aliphatic heterocycles. The Kier molecular flexibility index (Phi) is 3.49. The number of aromatic nitrogens is 2. The van der Waals surface area contributed by atoms with Gasteiger partial charge in [-0.05, 0) is 25.9 Å². The molecule has 1 aliphatic rings. The summed E-state index contributed by atoms with van der Waals surface area (Å²) in [5.41, 5.74) is 5.76. The third kappa shape index (κ3) is 2.59. The highest BCUT2D eigenvalue weighted by Gasteiger charge is 2.25. The summed E-state index contributed by atoms with van der Waals surface area (Å²) in [5, 5.41) is 10.6. The van der Waals surface area contributed by atoms with E-state index in [9.17, 15) is 8.42 Å². The number of nitrogens with zero attached hydrogens (tertiary/aromatic N) is 2. The van der Waals surface area contributed by atoms with Gasteiger partial charge in [-0.15, -0.1) is 0 Å². The fourth-order valence-electron chi connectivity index (χ4n) is 2.14. The number of nitrogens with two attached hydrogens (primary N) is 1. The van der Waals surface area contributed by atoms with Gasteiger partial charge < -0.3 is 16.4 Å². The number of sulfone groups is 1. The van der Waals surface area contributed by atoms with Gasteiger partial charge in [0.1, 0.15) is 5.82 Å². The van der Waals surface area contributed by atoms with E-state index < -0.39 is 9.84 Å². The van der Waals surface area contributed by atoms with Crippen molar-refractivity contribution >= 4 is 21.5 Å². The zero-order valence-electron chi connectivity index (χ0n) is 10.6. The average Bonchev–Trinajstić information content (AvgIpc) is 2.55. The lowest BCUT2D eigenvalue weighted by atomic mass is 10.1. The van der Waals surface area contributed by atoms with Crippen molar-refractivity contribution in [3.63, 3.8) is 0 Å². The van der Waals surface area contributed by atoms with Crippen LogP contribution < -0.4 is 16.4 Å². The van der Waals surface area contributed by atoms with Crippen LogP contribution in [0.4, 0.5) is 11.6 Å². The molecule has 0 atom stereocenters. The number of hydrogen-bond acceptors (Lipinski definition) is 6. The molecule has 8 heteroatoms. The maximum atomic E-state index is 11.7. The Hall–Kier alpha value is -1.28. The second-order valence-corrected chi connectivity index (χ2v) is 6.58. The summed E-state index contributed by atoms with van der Waals surface area (Å²) >= 11 is 0. The lowest BCUT2D eigenvalue weighted by Gasteiger charge is -2.23. The molecular formula is C10H19N5O2S. The number of hydrogen-bond donors (Lipinski definition) is 3. The first-order valence-electron chi connectivity index (χ1n) is 5.89. The maximum Gasteiger partial charge on any atom is 0.182 e. The largest absolute Gasteiger partial charge is 0.383 e. The summed E-state index contributed by atoms with van der Waals surface area (Å²) in [6, 6.07) is 0.237. The highest BCUT2D eigenvalue weighted by atomic mass is 32.2. The Morgan fingerprint density at radius 1 is 1.44 bits per heavy atom. The number of aryl methyl sites for hydroxylation is 1. The van der Waals surface area contributed by atoms with E-state index in [1.165, 1.54) is 4.68 Å². The van der Waals surface area contributed by atoms with Gasteiger partial charge in [-0.3, -0.25) is 0 Å². The SMILES string of the molecule is Cn1nc(NC2CCNCC2)c(S(C)(=O)=O)c1N. The quantitative estimate of drug-likeness (QED) is 0.690. The van der Waals surface area contributed by atoms with Gasteiger partial charge in [0.05, 0.1) is 0 Å². The first-order valence-corrected chi connectivity index (χ1v) is 7.78. The van der Waals surface area contributed by atoms with E-state index in [-0.39, 0.29) is 16.8 Å². The first-order chi connectivity index (χ1) is 8.39. The molecule has 0 aliphatic carbocycles. The summed E-state index contributed by atoms with van der Waals surface area (Å²) in [6.45, 7) is 1.85. The number of anilines is 2. The molecule has 0 spiro atoms. The lowest BCUT2D eigenvalue weighted by Crippen LogP contribution is -2.35. The zero-order chi connectivity index (χ0) is 13.3. The van der Waals surface area contributed by atoms with Crippen LogP contribution in [0.2, 0.25) is 0 Å². The van der Waals surface area contributed by atoms with Crippen LogP contribution in [-0.2, 0) is 16.9 Å². The van der Waals surface area contributed by atoms with Crippen molar-refractivity contribution in [1.29, 1.82) is 0 Å². The minimum absolute atomic E-state index is 0.100. The molecule has 0 bridgehead atoms. The molecular weight excluding hydrogens is 254 g/mol. The number of rotatable bonds is 3. The Labute approximate surface area is 107 Å². The molecule has 18 heavy (non-hydrogen) atoms. The summed E-state index contributed by atoms with van der Waals surface area (Å²) in [4.78, 5) is 0.100. The number of nitrogens with one attached hydrogen (secondary N) is 2. The second-order valence-electron chi connectivity index (χ2n) is 4.63. The number of piperidine rings is 1. The van der Waals surface area contributed by atoms with Gasteiger partial charge in [-0.2, -0.15) is 5.10 Å². The van der Waals surface area contributed by atoms with Gasteiger partial charge in [-0.1, -0.05) is 0 Å². The van der Waals surface area contributed by atoms with Crippen molar-refractivity contribution in [3.8, 4) is 0 Å². The summed E-state index contributed by atoms with van der Waals surface area (Å²) in [5.74, 6) is 0.540. The van der Waals surface area contributed by atoms with E-state index in [2.05, 4.69) is 15.7 Å². The van der Waals surface area contributed by atoms with Crippen molar-refractivity contribution in [2.45, 2.75) is 23.8 Å². The molecule has 1 fully saturated rings. The average molecular weight is 273 g/mol. The highest BCUT2D eigenvalue weighted by molar-refractivity contribution is 7.91. The lowest BCUT2D eigenvalue weighted by molar-refractivity contribution is 0.477. The summed E-state index contributed by atoms with van der Waals surface area (Å²) in [7, 11) is -1.74. The Morgan fingerprint density at radius 2 is 2.06 bits per heavy atom. The molecule has 0 unspecified atom stereocenters. The summed E-state index contributed by atoms with van der Waals surface area (Å²) in [6.07, 6.45) is 3.04. The van der Waals surface area contributed by atoms with E-state index in [4.69, 9.17) is 5.73 Å². The van der Waals surface area contributed by atoms with E-state index >= 15 is 0 Å². The molecule has 1 saturated heterocycles. The van der Waals surface area contributed by atoms with E-state index in [1.54, 1.807) is 7.05 Å². The van der Waals surface area contributed by atoms with Gasteiger partial charge in [0.25, 0.3) is 0 Å². The first kappa shape index (κ1) is 13.2. The van der Waals surface area contributed by atoms with E-state index in [0.29, 0.717) is 5.82 Å². The van der Waals surface area contributed by atoms with Crippen molar-refractivity contribution in [2.75, 3.05) is 30.4 Å². The van der Waals surface area contributed by atoms with E-state index in [1.807, 2.05) is 0 Å². The molecule has 1 aromatic heterocycles. The fraction of sp³-hybridized carbons (Fsp3) is 0.700. The normalized spacial score (nSPS) is 17.9. The van der Waals surface area contributed by atoms with Crippen molar-refractivity contribution in [2.24, 2.45) is 7.05 Å². The van der Waals surface area contributed by atoms with E-state index in [0.717, 1.165) is 32.2 Å². The molecule has 0 radical (unpaired) electrons. The fourth-order valence-corrected chi connectivity index (χ4v) is 3.10. The zero-order valence-corrected chi connectivity index (χ0v) is 11.4. The van der Waals surface area contributed by atoms with Gasteiger partial charge in [0.2, 0.25) is 0 Å². The maximum absolute atomic E-state index is 11.7. The molecule has 7 nitrogen and oxygen atoms in total. The van der Waals surface area contributed by atoms with Gasteiger partial charge >= 0.3 is 0 Å². The third-order valence-electron chi connectivity index (χ3n) is 3.10. The molecule has 0 amide bonds. The van der Waals surface area contributed by atoms with Crippen molar-refractivity contribution in [1.82, 2.24) is 15.1 Å². The minimum Gasteiger partial charge on any atom is -0.383 e. The van der Waals surface area contributed by atoms with Crippen LogP contribution in [-0.4, -0.2) is 43.6 Å². The second kappa shape index (κ2) is 4.77. The summed E-state index contributed by atoms with van der Waals surface area (Å²) < 4.78 is 24.9. The predicted octanol–water partition coefficient (Wildman–Crippen LogP) is -0.430. The van der Waals surface area contributed by atoms with Crippen LogP contribution in [0.25, 0.3) is 0 Å². The van der Waals surface area contributed by atoms with Crippen LogP contribution in [0.15, 0.2) is 4.90 Å². The van der Waals surface area contributed by atoms with Crippen molar-refractivity contribution in [3.05, 3.63) is 0 Å². The van der Waals surface area contributed by atoms with Crippen LogP contribution >= 0.6 is 0 Å². The highest BCUT2D eigenvalue weighted by Crippen LogP contribution is 2.27. The smallest absolute Gasteiger partial charge is 0.182 e. The molecule has 0 saturated carbocycles. The van der Waals surface area contributed by atoms with Crippen molar-refractivity contribution < 1.29 is 8.42 Å². The Morgan fingerprint density at radius 3 is 2.61 bits per heavy atom. The van der Waals surface area contributed by atoms with Crippen LogP contribution in [0.3, 0.4) is 0 Å². The minimum atomic E-state index is -3.38. The Balaban J connectivity index is 2.30. The Bertz CT molecular complexity index is 531. The predicted molar refractivity (Wildman–Crippen MR) is 70.2 cm³/mol. The van der Waals surface area contributed by atoms with Crippen LogP contribution in [0.5, 0.6) is 0 Å². The van der Waals surface area contributed by atoms with Gasteiger partial charge in [0.15, 0.2) is 20.6 Å². The monoisotopic (exact) mass is 273 g/mol. The van der Waals surface area contributed by atoms with Crippen LogP contribution in [0, 0.1) is 0 Å². The topological polar surface area (TPSA) is 102 Å². The molecule has 4 N–H and O–H groups in total. The molecule has 2 rings (SSSR count). The molecule has 1 aromatic rings. The van der Waals surface area contributed by atoms with Gasteiger partial charge in [0, 0.05) is 19.3 Å². The third-order valence-corrected chi connectivity index (χ3v) is 4.24. The number of nitrogen functional groups attached to an aromatic ring is 1. The molecule has 0 aromatic carbocycles.